The molecule has 1 aromatic heterocycles. The molecule has 1 fully saturated rings. The van der Waals surface area contributed by atoms with E-state index in [1.165, 1.54) is 0 Å². The Hall–Kier alpha value is -3.65. The number of nitrogens with one attached hydrogen (secondary N) is 1. The first-order valence-electron chi connectivity index (χ1n) is 11.0. The van der Waals surface area contributed by atoms with E-state index in [1.54, 1.807) is 30.2 Å². The number of fused-ring (bicyclic) bond motifs is 1. The number of amides is 1. The quantitative estimate of drug-likeness (QED) is 0.579. The van der Waals surface area contributed by atoms with Gasteiger partial charge in [0.15, 0.2) is 6.10 Å². The number of hydrogen-bond donors (Lipinski definition) is 2. The molecule has 0 radical (unpaired) electrons. The van der Waals surface area contributed by atoms with Gasteiger partial charge in [-0.1, -0.05) is 24.3 Å². The van der Waals surface area contributed by atoms with Gasteiger partial charge >= 0.3 is 5.97 Å². The molecule has 2 heterocycles. The van der Waals surface area contributed by atoms with Crippen molar-refractivity contribution in [1.29, 1.82) is 0 Å². The van der Waals surface area contributed by atoms with Gasteiger partial charge in [-0.3, -0.25) is 14.4 Å². The molecule has 2 atom stereocenters. The van der Waals surface area contributed by atoms with Crippen LogP contribution in [0.1, 0.15) is 25.3 Å². The first kappa shape index (κ1) is 22.5. The van der Waals surface area contributed by atoms with Crippen molar-refractivity contribution in [2.24, 2.45) is 11.8 Å². The van der Waals surface area contributed by atoms with E-state index in [2.05, 4.69) is 9.82 Å². The summed E-state index contributed by atoms with van der Waals surface area (Å²) in [7, 11) is 0. The number of H-pyrrole nitrogens is 1. The molecular formula is C25H27N3O5. The van der Waals surface area contributed by atoms with Gasteiger partial charge in [-0.05, 0) is 61.4 Å². The van der Waals surface area contributed by atoms with E-state index in [-0.39, 0.29) is 18.0 Å². The van der Waals surface area contributed by atoms with Crippen molar-refractivity contribution < 1.29 is 19.2 Å². The Balaban J connectivity index is 1.56. The average molecular weight is 450 g/mol. The fourth-order valence-corrected chi connectivity index (χ4v) is 4.39. The van der Waals surface area contributed by atoms with Gasteiger partial charge in [0.05, 0.1) is 11.3 Å². The van der Waals surface area contributed by atoms with E-state index >= 15 is 0 Å². The Labute approximate surface area is 191 Å². The summed E-state index contributed by atoms with van der Waals surface area (Å²) in [6.45, 7) is 4.47. The van der Waals surface area contributed by atoms with Crippen LogP contribution < -0.4 is 16.2 Å². The lowest BCUT2D eigenvalue weighted by Gasteiger charge is -2.32. The van der Waals surface area contributed by atoms with Gasteiger partial charge in [-0.25, -0.2) is 0 Å². The summed E-state index contributed by atoms with van der Waals surface area (Å²) in [4.78, 5) is 46.0. The molecule has 1 unspecified atom stereocenters. The average Bonchev–Trinajstić information content (AvgIpc) is 2.84. The number of carbonyl (C=O) groups excluding carboxylic acids is 2. The Morgan fingerprint density at radius 3 is 2.70 bits per heavy atom. The predicted molar refractivity (Wildman–Crippen MR) is 124 cm³/mol. The van der Waals surface area contributed by atoms with Crippen LogP contribution >= 0.6 is 0 Å². The van der Waals surface area contributed by atoms with Gasteiger partial charge in [0.2, 0.25) is 0 Å². The third-order valence-electron chi connectivity index (χ3n) is 6.15. The Morgan fingerprint density at radius 2 is 1.94 bits per heavy atom. The third kappa shape index (κ3) is 4.61. The molecule has 0 saturated carbocycles. The van der Waals surface area contributed by atoms with Crippen LogP contribution in [0, 0.1) is 12.8 Å². The highest BCUT2D eigenvalue weighted by atomic mass is 16.7. The largest absolute Gasteiger partial charge is 0.481 e. The zero-order valence-corrected chi connectivity index (χ0v) is 18.7. The lowest BCUT2D eigenvalue weighted by atomic mass is 9.97. The third-order valence-corrected chi connectivity index (χ3v) is 6.15. The Bertz CT molecular complexity index is 1250. The standard InChI is InChI=1S/C25H27N3O5/c1-15-6-3-4-8-19(15)22-13-27-23(29)21-12-18(9-10-20(21)22)32-16(2)24(30)28-11-5-7-17(14-28)25(31)33-26/h3-4,6,8-10,12-13,16-17H,5,7,11,14,26H2,1-2H3,(H,27,29)/t16?,17-/m0/s1. The van der Waals surface area contributed by atoms with Gasteiger partial charge in [0.25, 0.3) is 11.5 Å². The van der Waals surface area contributed by atoms with Crippen molar-refractivity contribution in [1.82, 2.24) is 9.88 Å². The maximum atomic E-state index is 12.9. The minimum absolute atomic E-state index is 0.229. The van der Waals surface area contributed by atoms with Crippen molar-refractivity contribution >= 4 is 22.6 Å². The van der Waals surface area contributed by atoms with Gasteiger partial charge < -0.3 is 19.5 Å². The summed E-state index contributed by atoms with van der Waals surface area (Å²) in [5.74, 6) is 4.24. The maximum Gasteiger partial charge on any atom is 0.329 e. The van der Waals surface area contributed by atoms with E-state index in [0.29, 0.717) is 30.5 Å². The summed E-state index contributed by atoms with van der Waals surface area (Å²) >= 11 is 0. The summed E-state index contributed by atoms with van der Waals surface area (Å²) < 4.78 is 5.90. The van der Waals surface area contributed by atoms with Crippen molar-refractivity contribution in [3.8, 4) is 16.9 Å². The highest BCUT2D eigenvalue weighted by Gasteiger charge is 2.32. The number of piperidine rings is 1. The van der Waals surface area contributed by atoms with Gasteiger partial charge in [0.1, 0.15) is 5.75 Å². The van der Waals surface area contributed by atoms with Gasteiger partial charge in [-0.15, -0.1) is 0 Å². The van der Waals surface area contributed by atoms with E-state index in [0.717, 1.165) is 22.1 Å². The number of aryl methyl sites for hydroxylation is 1. The van der Waals surface area contributed by atoms with E-state index in [4.69, 9.17) is 10.6 Å². The fourth-order valence-electron chi connectivity index (χ4n) is 4.39. The number of pyridine rings is 1. The molecule has 4 rings (SSSR count). The molecule has 1 aliphatic rings. The molecule has 1 amide bonds. The topological polar surface area (TPSA) is 115 Å². The van der Waals surface area contributed by atoms with Crippen LogP contribution in [0.25, 0.3) is 21.9 Å². The molecule has 0 spiro atoms. The summed E-state index contributed by atoms with van der Waals surface area (Å²) in [6.07, 6.45) is 2.25. The number of ether oxygens (including phenoxy) is 1. The molecule has 3 N–H and O–H groups in total. The van der Waals surface area contributed by atoms with Gasteiger partial charge in [-0.2, -0.15) is 5.90 Å². The maximum absolute atomic E-state index is 12.9. The van der Waals surface area contributed by atoms with E-state index in [1.807, 2.05) is 37.3 Å². The molecule has 0 bridgehead atoms. The highest BCUT2D eigenvalue weighted by Crippen LogP contribution is 2.31. The second-order valence-corrected chi connectivity index (χ2v) is 8.37. The van der Waals surface area contributed by atoms with Crippen LogP contribution in [0.5, 0.6) is 5.75 Å². The number of nitrogens with zero attached hydrogens (tertiary/aromatic N) is 1. The molecular weight excluding hydrogens is 422 g/mol. The SMILES string of the molecule is Cc1ccccc1-c1c[nH]c(=O)c2cc(OC(C)C(=O)N3CCC[C@H](C(=O)ON)C3)ccc12. The minimum Gasteiger partial charge on any atom is -0.481 e. The number of carbonyl (C=O) groups is 2. The van der Waals surface area contributed by atoms with Crippen LogP contribution in [-0.4, -0.2) is 41.0 Å². The van der Waals surface area contributed by atoms with Crippen LogP contribution in [0.4, 0.5) is 0 Å². The monoisotopic (exact) mass is 449 g/mol. The van der Waals surface area contributed by atoms with Crippen molar-refractivity contribution in [3.05, 3.63) is 64.6 Å². The second-order valence-electron chi connectivity index (χ2n) is 8.37. The molecule has 8 heteroatoms. The summed E-state index contributed by atoms with van der Waals surface area (Å²) in [5, 5.41) is 1.29. The Morgan fingerprint density at radius 1 is 1.15 bits per heavy atom. The van der Waals surface area contributed by atoms with Crippen LogP contribution in [-0.2, 0) is 14.4 Å². The minimum atomic E-state index is -0.784. The number of likely N-dealkylation sites (tertiary alicyclic amines) is 1. The highest BCUT2D eigenvalue weighted by molar-refractivity contribution is 5.97. The zero-order chi connectivity index (χ0) is 23.5. The number of aromatic amines is 1. The summed E-state index contributed by atoms with van der Waals surface area (Å²) in [5.41, 5.74) is 2.82. The lowest BCUT2D eigenvalue weighted by Crippen LogP contribution is -2.47. The summed E-state index contributed by atoms with van der Waals surface area (Å²) in [6, 6.07) is 13.2. The molecule has 0 aliphatic carbocycles. The smallest absolute Gasteiger partial charge is 0.329 e. The number of rotatable bonds is 5. The van der Waals surface area contributed by atoms with Crippen LogP contribution in [0.3, 0.4) is 0 Å². The molecule has 8 nitrogen and oxygen atoms in total. The number of hydrogen-bond acceptors (Lipinski definition) is 6. The van der Waals surface area contributed by atoms with Gasteiger partial charge in [0, 0.05) is 24.8 Å². The first-order valence-corrected chi connectivity index (χ1v) is 11.0. The fraction of sp³-hybridized carbons (Fsp3) is 0.320. The predicted octanol–water partition coefficient (Wildman–Crippen LogP) is 2.93. The molecule has 1 saturated heterocycles. The van der Waals surface area contributed by atoms with Crippen molar-refractivity contribution in [2.75, 3.05) is 13.1 Å². The van der Waals surface area contributed by atoms with E-state index < -0.39 is 18.0 Å². The second kappa shape index (κ2) is 9.46. The molecule has 33 heavy (non-hydrogen) atoms. The normalized spacial score (nSPS) is 16.9. The van der Waals surface area contributed by atoms with Crippen molar-refractivity contribution in [2.45, 2.75) is 32.8 Å². The Kier molecular flexibility index (Phi) is 6.46. The number of nitrogens with two attached hydrogens (primary N) is 1. The number of aromatic nitrogens is 1. The van der Waals surface area contributed by atoms with Crippen LogP contribution in [0.15, 0.2) is 53.5 Å². The first-order chi connectivity index (χ1) is 15.9. The van der Waals surface area contributed by atoms with Crippen LogP contribution in [0.2, 0.25) is 0 Å². The van der Waals surface area contributed by atoms with E-state index in [9.17, 15) is 14.4 Å². The number of benzene rings is 2. The van der Waals surface area contributed by atoms with Crippen molar-refractivity contribution in [3.63, 3.8) is 0 Å². The molecule has 1 aliphatic heterocycles. The zero-order valence-electron chi connectivity index (χ0n) is 18.7. The molecule has 172 valence electrons. The lowest BCUT2D eigenvalue weighted by molar-refractivity contribution is -0.153. The molecule has 3 aromatic rings. The molecule has 2 aromatic carbocycles.